The first kappa shape index (κ1) is 11.5. The van der Waals surface area contributed by atoms with E-state index in [4.69, 9.17) is 5.11 Å². The molecule has 1 aromatic rings. The molecule has 2 rings (SSSR count). The van der Waals surface area contributed by atoms with E-state index in [0.717, 1.165) is 6.07 Å². The van der Waals surface area contributed by atoms with Gasteiger partial charge in [0.2, 0.25) is 0 Å². The zero-order valence-corrected chi connectivity index (χ0v) is 9.85. The summed E-state index contributed by atoms with van der Waals surface area (Å²) in [5.74, 6) is -2.75. The molecule has 1 saturated carbocycles. The van der Waals surface area contributed by atoms with Crippen molar-refractivity contribution >= 4 is 21.9 Å². The predicted molar refractivity (Wildman–Crippen MR) is 57.2 cm³/mol. The highest BCUT2D eigenvalue weighted by Gasteiger charge is 2.49. The number of hydrogen-bond acceptors (Lipinski definition) is 1. The van der Waals surface area contributed by atoms with Crippen LogP contribution >= 0.6 is 15.9 Å². The van der Waals surface area contributed by atoms with E-state index in [1.165, 1.54) is 6.07 Å². The van der Waals surface area contributed by atoms with E-state index in [1.807, 2.05) is 0 Å². The standard InChI is InChI=1S/C11H9BrF2O2/c12-6-2-3-7(13)8(9(6)14)11(10(15)16)4-1-5-11/h2-3H,1,4-5H2,(H,15,16). The molecule has 5 heteroatoms. The first-order valence-electron chi connectivity index (χ1n) is 4.86. The van der Waals surface area contributed by atoms with Crippen LogP contribution in [-0.4, -0.2) is 11.1 Å². The Hall–Kier alpha value is -0.970. The van der Waals surface area contributed by atoms with Gasteiger partial charge in [0.15, 0.2) is 0 Å². The number of halogens is 3. The second-order valence-electron chi connectivity index (χ2n) is 3.96. The summed E-state index contributed by atoms with van der Waals surface area (Å²) in [5.41, 5.74) is -1.70. The Bertz CT molecular complexity index is 456. The van der Waals surface area contributed by atoms with Gasteiger partial charge in [-0.2, -0.15) is 0 Å². The van der Waals surface area contributed by atoms with Gasteiger partial charge in [0.25, 0.3) is 0 Å². The summed E-state index contributed by atoms with van der Waals surface area (Å²) in [7, 11) is 0. The van der Waals surface area contributed by atoms with Crippen LogP contribution in [0.25, 0.3) is 0 Å². The number of carbonyl (C=O) groups is 1. The Morgan fingerprint density at radius 1 is 1.38 bits per heavy atom. The molecule has 1 aliphatic carbocycles. The fourth-order valence-corrected chi connectivity index (χ4v) is 2.40. The van der Waals surface area contributed by atoms with E-state index in [0.29, 0.717) is 6.42 Å². The summed E-state index contributed by atoms with van der Waals surface area (Å²) >= 11 is 2.94. The number of hydrogen-bond donors (Lipinski definition) is 1. The quantitative estimate of drug-likeness (QED) is 0.849. The van der Waals surface area contributed by atoms with Gasteiger partial charge in [-0.3, -0.25) is 4.79 Å². The average molecular weight is 291 g/mol. The summed E-state index contributed by atoms with van der Waals surface area (Å²) in [6.07, 6.45) is 1.25. The van der Waals surface area contributed by atoms with Gasteiger partial charge >= 0.3 is 5.97 Å². The van der Waals surface area contributed by atoms with Crippen molar-refractivity contribution in [2.24, 2.45) is 0 Å². The molecule has 0 aliphatic heterocycles. The largest absolute Gasteiger partial charge is 0.481 e. The van der Waals surface area contributed by atoms with E-state index >= 15 is 0 Å². The normalized spacial score (nSPS) is 17.9. The number of benzene rings is 1. The number of carboxylic acids is 1. The molecule has 0 amide bonds. The van der Waals surface area contributed by atoms with E-state index in [2.05, 4.69) is 15.9 Å². The van der Waals surface area contributed by atoms with Crippen molar-refractivity contribution in [3.63, 3.8) is 0 Å². The molecule has 86 valence electrons. The van der Waals surface area contributed by atoms with Crippen molar-refractivity contribution in [2.75, 3.05) is 0 Å². The zero-order chi connectivity index (χ0) is 11.9. The van der Waals surface area contributed by atoms with Gasteiger partial charge < -0.3 is 5.11 Å². The van der Waals surface area contributed by atoms with Crippen molar-refractivity contribution in [3.05, 3.63) is 33.8 Å². The summed E-state index contributed by atoms with van der Waals surface area (Å²) in [4.78, 5) is 11.2. The van der Waals surface area contributed by atoms with Crippen LogP contribution in [0.4, 0.5) is 8.78 Å². The van der Waals surface area contributed by atoms with Crippen molar-refractivity contribution in [1.29, 1.82) is 0 Å². The number of carboxylic acid groups (broad SMARTS) is 1. The van der Waals surface area contributed by atoms with Gasteiger partial charge in [-0.05, 0) is 40.9 Å². The Kier molecular flexibility index (Phi) is 2.74. The SMILES string of the molecule is O=C(O)C1(c2c(F)ccc(Br)c2F)CCC1. The van der Waals surface area contributed by atoms with Crippen molar-refractivity contribution in [2.45, 2.75) is 24.7 Å². The molecule has 0 unspecified atom stereocenters. The third-order valence-corrected chi connectivity index (χ3v) is 3.75. The molecule has 1 fully saturated rings. The zero-order valence-electron chi connectivity index (χ0n) is 8.27. The maximum Gasteiger partial charge on any atom is 0.314 e. The molecule has 2 nitrogen and oxygen atoms in total. The minimum atomic E-state index is -1.38. The Morgan fingerprint density at radius 3 is 2.44 bits per heavy atom. The Balaban J connectivity index is 2.63. The van der Waals surface area contributed by atoms with Crippen LogP contribution in [0.2, 0.25) is 0 Å². The fourth-order valence-electron chi connectivity index (χ4n) is 2.07. The minimum Gasteiger partial charge on any atom is -0.481 e. The topological polar surface area (TPSA) is 37.3 Å². The lowest BCUT2D eigenvalue weighted by Gasteiger charge is -2.38. The summed E-state index contributed by atoms with van der Waals surface area (Å²) in [6.45, 7) is 0. The second kappa shape index (κ2) is 3.80. The number of aliphatic carboxylic acids is 1. The van der Waals surface area contributed by atoms with Crippen LogP contribution in [0.1, 0.15) is 24.8 Å². The molecule has 0 atom stereocenters. The van der Waals surface area contributed by atoms with Crippen LogP contribution in [0.5, 0.6) is 0 Å². The predicted octanol–water partition coefficient (Wildman–Crippen LogP) is 3.23. The summed E-state index contributed by atoms with van der Waals surface area (Å²) < 4.78 is 27.5. The van der Waals surface area contributed by atoms with E-state index in [9.17, 15) is 13.6 Å². The van der Waals surface area contributed by atoms with Gasteiger partial charge in [-0.15, -0.1) is 0 Å². The van der Waals surface area contributed by atoms with Crippen LogP contribution < -0.4 is 0 Å². The van der Waals surface area contributed by atoms with Crippen LogP contribution in [0.15, 0.2) is 16.6 Å². The molecule has 1 N–H and O–H groups in total. The van der Waals surface area contributed by atoms with Crippen molar-refractivity contribution in [3.8, 4) is 0 Å². The monoisotopic (exact) mass is 290 g/mol. The third-order valence-electron chi connectivity index (χ3n) is 3.14. The van der Waals surface area contributed by atoms with Gasteiger partial charge in [-0.1, -0.05) is 6.42 Å². The molecule has 0 heterocycles. The molecule has 0 spiro atoms. The molecule has 16 heavy (non-hydrogen) atoms. The lowest BCUT2D eigenvalue weighted by Crippen LogP contribution is -2.43. The van der Waals surface area contributed by atoms with Crippen molar-refractivity contribution < 1.29 is 18.7 Å². The molecule has 0 bridgehead atoms. The first-order valence-corrected chi connectivity index (χ1v) is 5.66. The third kappa shape index (κ3) is 1.45. The molecule has 0 saturated heterocycles. The van der Waals surface area contributed by atoms with E-state index in [1.54, 1.807) is 0 Å². The Labute approximate surface area is 99.4 Å². The molecule has 1 aromatic carbocycles. The van der Waals surface area contributed by atoms with E-state index in [-0.39, 0.29) is 22.9 Å². The highest BCUT2D eigenvalue weighted by molar-refractivity contribution is 9.10. The van der Waals surface area contributed by atoms with Crippen LogP contribution in [-0.2, 0) is 10.2 Å². The molecular formula is C11H9BrF2O2. The molecule has 0 radical (unpaired) electrons. The Morgan fingerprint density at radius 2 is 2.00 bits per heavy atom. The smallest absolute Gasteiger partial charge is 0.314 e. The summed E-state index contributed by atoms with van der Waals surface area (Å²) in [6, 6.07) is 2.33. The highest BCUT2D eigenvalue weighted by Crippen LogP contribution is 2.46. The first-order chi connectivity index (χ1) is 7.49. The minimum absolute atomic E-state index is 0.0939. The second-order valence-corrected chi connectivity index (χ2v) is 4.81. The number of rotatable bonds is 2. The van der Waals surface area contributed by atoms with Gasteiger partial charge in [0, 0.05) is 5.56 Å². The fraction of sp³-hybridized carbons (Fsp3) is 0.364. The van der Waals surface area contributed by atoms with E-state index < -0.39 is 23.0 Å². The maximum atomic E-state index is 13.8. The average Bonchev–Trinajstić information content (AvgIpc) is 2.15. The van der Waals surface area contributed by atoms with Gasteiger partial charge in [0.05, 0.1) is 9.89 Å². The lowest BCUT2D eigenvalue weighted by molar-refractivity contribution is -0.147. The van der Waals surface area contributed by atoms with Crippen molar-refractivity contribution in [1.82, 2.24) is 0 Å². The molecule has 0 aromatic heterocycles. The summed E-state index contributed by atoms with van der Waals surface area (Å²) in [5, 5.41) is 9.13. The molecular weight excluding hydrogens is 282 g/mol. The van der Waals surface area contributed by atoms with Gasteiger partial charge in [-0.25, -0.2) is 8.78 Å². The maximum absolute atomic E-state index is 13.8. The van der Waals surface area contributed by atoms with Crippen LogP contribution in [0.3, 0.4) is 0 Å². The lowest BCUT2D eigenvalue weighted by atomic mass is 9.64. The molecule has 1 aliphatic rings. The van der Waals surface area contributed by atoms with Crippen LogP contribution in [0, 0.1) is 11.6 Å². The van der Waals surface area contributed by atoms with Gasteiger partial charge in [0.1, 0.15) is 11.6 Å². The highest BCUT2D eigenvalue weighted by atomic mass is 79.9.